The second-order valence-electron chi connectivity index (χ2n) is 4.68. The second kappa shape index (κ2) is 7.29. The van der Waals surface area contributed by atoms with Gasteiger partial charge in [-0.25, -0.2) is 0 Å². The SMILES string of the molecule is CC.CCN1CCN(CC)[C@H]2CCCC[C@@H]21. The third-order valence-electron chi connectivity index (χ3n) is 4.12. The third-order valence-corrected chi connectivity index (χ3v) is 4.12. The molecule has 1 saturated carbocycles. The number of hydrogen-bond donors (Lipinski definition) is 0. The molecule has 96 valence electrons. The molecule has 16 heavy (non-hydrogen) atoms. The van der Waals surface area contributed by atoms with E-state index in [0.29, 0.717) is 0 Å². The van der Waals surface area contributed by atoms with Crippen LogP contribution in [0.15, 0.2) is 0 Å². The van der Waals surface area contributed by atoms with Crippen LogP contribution in [0.3, 0.4) is 0 Å². The molecule has 1 aliphatic heterocycles. The van der Waals surface area contributed by atoms with Gasteiger partial charge in [0.15, 0.2) is 0 Å². The highest BCUT2D eigenvalue weighted by atomic mass is 15.3. The molecule has 0 aromatic rings. The molecule has 0 radical (unpaired) electrons. The fraction of sp³-hybridized carbons (Fsp3) is 1.00. The van der Waals surface area contributed by atoms with Crippen molar-refractivity contribution in [3.63, 3.8) is 0 Å². The van der Waals surface area contributed by atoms with E-state index < -0.39 is 0 Å². The van der Waals surface area contributed by atoms with Crippen LogP contribution in [0, 0.1) is 0 Å². The van der Waals surface area contributed by atoms with Crippen molar-refractivity contribution in [2.24, 2.45) is 0 Å². The Balaban J connectivity index is 0.000000606. The normalized spacial score (nSPS) is 31.5. The Morgan fingerprint density at radius 3 is 1.50 bits per heavy atom. The van der Waals surface area contributed by atoms with E-state index in [9.17, 15) is 0 Å². The molecule has 1 heterocycles. The van der Waals surface area contributed by atoms with E-state index in [4.69, 9.17) is 0 Å². The summed E-state index contributed by atoms with van der Waals surface area (Å²) in [5.41, 5.74) is 0. The van der Waals surface area contributed by atoms with Crippen LogP contribution in [-0.2, 0) is 0 Å². The maximum atomic E-state index is 2.70. The summed E-state index contributed by atoms with van der Waals surface area (Å²) in [5.74, 6) is 0. The largest absolute Gasteiger partial charge is 0.298 e. The minimum Gasteiger partial charge on any atom is -0.298 e. The number of fused-ring (bicyclic) bond motifs is 1. The molecule has 2 rings (SSSR count). The summed E-state index contributed by atoms with van der Waals surface area (Å²) in [7, 11) is 0. The monoisotopic (exact) mass is 226 g/mol. The second-order valence-corrected chi connectivity index (χ2v) is 4.68. The molecule has 0 aromatic heterocycles. The lowest BCUT2D eigenvalue weighted by molar-refractivity contribution is 0.00177. The van der Waals surface area contributed by atoms with Crippen LogP contribution >= 0.6 is 0 Å². The molecule has 0 aromatic carbocycles. The Hall–Kier alpha value is -0.0800. The smallest absolute Gasteiger partial charge is 0.0252 e. The van der Waals surface area contributed by atoms with Gasteiger partial charge < -0.3 is 0 Å². The zero-order valence-electron chi connectivity index (χ0n) is 11.7. The Labute approximate surface area is 102 Å². The Bertz CT molecular complexity index is 162. The van der Waals surface area contributed by atoms with Crippen molar-refractivity contribution in [1.29, 1.82) is 0 Å². The molecule has 2 nitrogen and oxygen atoms in total. The van der Waals surface area contributed by atoms with Gasteiger partial charge >= 0.3 is 0 Å². The maximum absolute atomic E-state index is 2.70. The van der Waals surface area contributed by atoms with E-state index in [1.54, 1.807) is 0 Å². The van der Waals surface area contributed by atoms with Crippen molar-refractivity contribution in [3.05, 3.63) is 0 Å². The average Bonchev–Trinajstić information content (AvgIpc) is 2.39. The maximum Gasteiger partial charge on any atom is 0.0252 e. The number of hydrogen-bond acceptors (Lipinski definition) is 2. The van der Waals surface area contributed by atoms with Gasteiger partial charge in [0.05, 0.1) is 0 Å². The molecule has 1 saturated heterocycles. The van der Waals surface area contributed by atoms with Crippen molar-refractivity contribution in [2.75, 3.05) is 26.2 Å². The molecule has 0 N–H and O–H groups in total. The lowest BCUT2D eigenvalue weighted by Gasteiger charge is -2.49. The fourth-order valence-electron chi connectivity index (χ4n) is 3.32. The van der Waals surface area contributed by atoms with E-state index in [1.165, 1.54) is 51.9 Å². The zero-order chi connectivity index (χ0) is 12.0. The summed E-state index contributed by atoms with van der Waals surface area (Å²) >= 11 is 0. The fourth-order valence-corrected chi connectivity index (χ4v) is 3.32. The molecule has 0 bridgehead atoms. The minimum atomic E-state index is 0.877. The lowest BCUT2D eigenvalue weighted by atomic mass is 9.86. The number of piperazine rings is 1. The predicted molar refractivity (Wildman–Crippen MR) is 71.9 cm³/mol. The lowest BCUT2D eigenvalue weighted by Crippen LogP contribution is -2.60. The van der Waals surface area contributed by atoms with E-state index >= 15 is 0 Å². The Morgan fingerprint density at radius 1 is 0.812 bits per heavy atom. The standard InChI is InChI=1S/C12H24N2.C2H6/c1-3-13-9-10-14(4-2)12-8-6-5-7-11(12)13;1-2/h11-12H,3-10H2,1-2H3;1-2H3/t11-,12-;/m0./s1. The molecule has 0 amide bonds. The van der Waals surface area contributed by atoms with E-state index in [1.807, 2.05) is 13.8 Å². The van der Waals surface area contributed by atoms with Crippen molar-refractivity contribution >= 4 is 0 Å². The molecule has 2 aliphatic rings. The molecular weight excluding hydrogens is 196 g/mol. The van der Waals surface area contributed by atoms with Crippen LogP contribution in [0.5, 0.6) is 0 Å². The van der Waals surface area contributed by atoms with Gasteiger partial charge in [0.2, 0.25) is 0 Å². The first-order valence-corrected chi connectivity index (χ1v) is 7.35. The van der Waals surface area contributed by atoms with E-state index in [0.717, 1.165) is 12.1 Å². The topological polar surface area (TPSA) is 6.48 Å². The Morgan fingerprint density at radius 2 is 1.19 bits per heavy atom. The number of nitrogens with zero attached hydrogens (tertiary/aromatic N) is 2. The van der Waals surface area contributed by atoms with Crippen molar-refractivity contribution in [1.82, 2.24) is 9.80 Å². The van der Waals surface area contributed by atoms with Crippen LogP contribution in [0.4, 0.5) is 0 Å². The van der Waals surface area contributed by atoms with Crippen LogP contribution in [0.2, 0.25) is 0 Å². The first-order chi connectivity index (χ1) is 7.86. The summed E-state index contributed by atoms with van der Waals surface area (Å²) in [4.78, 5) is 5.41. The highest BCUT2D eigenvalue weighted by Gasteiger charge is 2.36. The number of likely N-dealkylation sites (N-methyl/N-ethyl adjacent to an activating group) is 2. The molecule has 0 unspecified atom stereocenters. The summed E-state index contributed by atoms with van der Waals surface area (Å²) in [5, 5.41) is 0. The molecule has 2 heteroatoms. The Kier molecular flexibility index (Phi) is 6.37. The first-order valence-electron chi connectivity index (χ1n) is 7.35. The first kappa shape index (κ1) is 14.0. The number of rotatable bonds is 2. The summed E-state index contributed by atoms with van der Waals surface area (Å²) in [6, 6.07) is 1.75. The van der Waals surface area contributed by atoms with Crippen molar-refractivity contribution in [2.45, 2.75) is 65.5 Å². The molecule has 0 spiro atoms. The molecule has 2 fully saturated rings. The minimum absolute atomic E-state index is 0.877. The highest BCUT2D eigenvalue weighted by molar-refractivity contribution is 4.93. The van der Waals surface area contributed by atoms with Crippen LogP contribution in [0.1, 0.15) is 53.4 Å². The van der Waals surface area contributed by atoms with Crippen LogP contribution in [-0.4, -0.2) is 48.1 Å². The van der Waals surface area contributed by atoms with Crippen LogP contribution in [0.25, 0.3) is 0 Å². The quantitative estimate of drug-likeness (QED) is 0.714. The van der Waals surface area contributed by atoms with Gasteiger partial charge in [0, 0.05) is 25.2 Å². The predicted octanol–water partition coefficient (Wildman–Crippen LogP) is 2.98. The van der Waals surface area contributed by atoms with Gasteiger partial charge in [0.1, 0.15) is 0 Å². The summed E-state index contributed by atoms with van der Waals surface area (Å²) in [6.07, 6.45) is 5.79. The van der Waals surface area contributed by atoms with Gasteiger partial charge in [-0.3, -0.25) is 9.80 Å². The van der Waals surface area contributed by atoms with Crippen LogP contribution < -0.4 is 0 Å². The summed E-state index contributed by atoms with van der Waals surface area (Å²) in [6.45, 7) is 13.7. The summed E-state index contributed by atoms with van der Waals surface area (Å²) < 4.78 is 0. The van der Waals surface area contributed by atoms with Gasteiger partial charge in [-0.1, -0.05) is 40.5 Å². The van der Waals surface area contributed by atoms with Gasteiger partial charge in [-0.05, 0) is 25.9 Å². The molecular formula is C14H30N2. The van der Waals surface area contributed by atoms with Gasteiger partial charge in [-0.15, -0.1) is 0 Å². The zero-order valence-corrected chi connectivity index (χ0v) is 11.7. The highest BCUT2D eigenvalue weighted by Crippen LogP contribution is 2.29. The van der Waals surface area contributed by atoms with Crippen molar-refractivity contribution in [3.8, 4) is 0 Å². The average molecular weight is 226 g/mol. The van der Waals surface area contributed by atoms with Gasteiger partial charge in [0.25, 0.3) is 0 Å². The van der Waals surface area contributed by atoms with E-state index in [-0.39, 0.29) is 0 Å². The third kappa shape index (κ3) is 2.98. The van der Waals surface area contributed by atoms with E-state index in [2.05, 4.69) is 23.6 Å². The van der Waals surface area contributed by atoms with Gasteiger partial charge in [-0.2, -0.15) is 0 Å². The molecule has 1 aliphatic carbocycles. The van der Waals surface area contributed by atoms with Crippen molar-refractivity contribution < 1.29 is 0 Å². The molecule has 2 atom stereocenters.